The molecular weight excluding hydrogens is 353 g/mol. The fourth-order valence-electron chi connectivity index (χ4n) is 2.69. The highest BCUT2D eigenvalue weighted by Crippen LogP contribution is 2.42. The summed E-state index contributed by atoms with van der Waals surface area (Å²) < 4.78 is 12.1. The number of nitrogens with zero attached hydrogens (tertiary/aromatic N) is 1. The standard InChI is InChI=1S/C19H18FN3O2S/c1-11(12-6-8-15(20)9-7-12)22-18-23-17(25)19(2,26-18)14-5-3-4-13(10-14)16(21)24/h3-11H,1-2H3,(H2,21,24)(H,22,23,25)/t11-,19?/m0/s1. The Morgan fingerprint density at radius 3 is 2.62 bits per heavy atom. The minimum absolute atomic E-state index is 0.214. The first kappa shape index (κ1) is 18.1. The number of hydrogen-bond acceptors (Lipinski definition) is 4. The van der Waals surface area contributed by atoms with E-state index in [-0.39, 0.29) is 17.8 Å². The van der Waals surface area contributed by atoms with Gasteiger partial charge < -0.3 is 11.1 Å². The monoisotopic (exact) mass is 371 g/mol. The number of nitrogens with two attached hydrogens (primary N) is 1. The Hall–Kier alpha value is -2.67. The van der Waals surface area contributed by atoms with E-state index in [1.807, 2.05) is 6.92 Å². The van der Waals surface area contributed by atoms with E-state index in [0.717, 1.165) is 5.56 Å². The van der Waals surface area contributed by atoms with Gasteiger partial charge in [0.25, 0.3) is 0 Å². The van der Waals surface area contributed by atoms with Crippen molar-refractivity contribution in [3.63, 3.8) is 0 Å². The zero-order valence-corrected chi connectivity index (χ0v) is 15.1. The minimum atomic E-state index is -0.910. The molecule has 1 unspecified atom stereocenters. The number of aliphatic imine (C=N–C) groups is 1. The highest BCUT2D eigenvalue weighted by atomic mass is 32.2. The van der Waals surface area contributed by atoms with Gasteiger partial charge in [-0.1, -0.05) is 36.0 Å². The van der Waals surface area contributed by atoms with E-state index in [1.165, 1.54) is 23.9 Å². The summed E-state index contributed by atoms with van der Waals surface area (Å²) in [6, 6.07) is 12.6. The summed E-state index contributed by atoms with van der Waals surface area (Å²) in [7, 11) is 0. The number of carbonyl (C=O) groups is 2. The third-order valence-electron chi connectivity index (χ3n) is 4.32. The van der Waals surface area contributed by atoms with Crippen molar-refractivity contribution in [2.24, 2.45) is 10.7 Å². The minimum Gasteiger partial charge on any atom is -0.366 e. The number of amidine groups is 1. The molecule has 7 heteroatoms. The Kier molecular flexibility index (Phi) is 4.82. The first-order valence-electron chi connectivity index (χ1n) is 8.03. The molecule has 2 amide bonds. The Labute approximate surface area is 154 Å². The van der Waals surface area contributed by atoms with Gasteiger partial charge in [0.05, 0.1) is 6.04 Å². The van der Waals surface area contributed by atoms with Gasteiger partial charge in [-0.05, 0) is 49.2 Å². The van der Waals surface area contributed by atoms with Crippen LogP contribution >= 0.6 is 11.8 Å². The molecule has 2 aromatic rings. The van der Waals surface area contributed by atoms with E-state index in [0.29, 0.717) is 16.3 Å². The van der Waals surface area contributed by atoms with Crippen molar-refractivity contribution >= 4 is 28.7 Å². The predicted molar refractivity (Wildman–Crippen MR) is 100 cm³/mol. The van der Waals surface area contributed by atoms with Gasteiger partial charge in [0.15, 0.2) is 5.17 Å². The van der Waals surface area contributed by atoms with Crippen molar-refractivity contribution in [2.75, 3.05) is 0 Å². The van der Waals surface area contributed by atoms with Crippen molar-refractivity contribution in [2.45, 2.75) is 24.6 Å². The lowest BCUT2D eigenvalue weighted by Gasteiger charge is -2.19. The van der Waals surface area contributed by atoms with Crippen molar-refractivity contribution in [3.05, 3.63) is 71.0 Å². The molecule has 1 saturated heterocycles. The fourth-order valence-corrected chi connectivity index (χ4v) is 3.82. The van der Waals surface area contributed by atoms with Crippen LogP contribution in [0.3, 0.4) is 0 Å². The molecule has 5 nitrogen and oxygen atoms in total. The Morgan fingerprint density at radius 2 is 1.96 bits per heavy atom. The van der Waals surface area contributed by atoms with Gasteiger partial charge in [-0.2, -0.15) is 0 Å². The van der Waals surface area contributed by atoms with E-state index in [4.69, 9.17) is 5.73 Å². The summed E-state index contributed by atoms with van der Waals surface area (Å²) in [4.78, 5) is 28.5. The molecule has 26 heavy (non-hydrogen) atoms. The van der Waals surface area contributed by atoms with Crippen molar-refractivity contribution < 1.29 is 14.0 Å². The molecule has 1 aliphatic rings. The maximum Gasteiger partial charge on any atom is 0.248 e. The van der Waals surface area contributed by atoms with Crippen LogP contribution in [0.5, 0.6) is 0 Å². The average Bonchev–Trinajstić information content (AvgIpc) is 2.90. The third-order valence-corrected chi connectivity index (χ3v) is 5.55. The quantitative estimate of drug-likeness (QED) is 0.866. The average molecular weight is 371 g/mol. The molecule has 1 fully saturated rings. The molecule has 0 radical (unpaired) electrons. The molecule has 0 aliphatic carbocycles. The molecule has 0 spiro atoms. The second kappa shape index (κ2) is 6.92. The van der Waals surface area contributed by atoms with Crippen LogP contribution in [-0.4, -0.2) is 17.0 Å². The summed E-state index contributed by atoms with van der Waals surface area (Å²) in [6.07, 6.45) is 0. The molecule has 134 valence electrons. The molecular formula is C19H18FN3O2S. The molecule has 3 N–H and O–H groups in total. The number of benzene rings is 2. The van der Waals surface area contributed by atoms with Gasteiger partial charge in [0, 0.05) is 5.56 Å². The van der Waals surface area contributed by atoms with E-state index >= 15 is 0 Å². The van der Waals surface area contributed by atoms with Gasteiger partial charge in [-0.25, -0.2) is 4.39 Å². The zero-order chi connectivity index (χ0) is 18.9. The Morgan fingerprint density at radius 1 is 1.27 bits per heavy atom. The van der Waals surface area contributed by atoms with Gasteiger partial charge >= 0.3 is 0 Å². The van der Waals surface area contributed by atoms with Crippen molar-refractivity contribution in [3.8, 4) is 0 Å². The summed E-state index contributed by atoms with van der Waals surface area (Å²) >= 11 is 1.28. The first-order valence-corrected chi connectivity index (χ1v) is 8.85. The molecule has 0 aromatic heterocycles. The zero-order valence-electron chi connectivity index (χ0n) is 14.3. The van der Waals surface area contributed by atoms with Crippen molar-refractivity contribution in [1.82, 2.24) is 5.32 Å². The summed E-state index contributed by atoms with van der Waals surface area (Å²) in [5.41, 5.74) is 7.20. The number of amides is 2. The highest BCUT2D eigenvalue weighted by molar-refractivity contribution is 8.15. The number of nitrogens with one attached hydrogen (secondary N) is 1. The number of hydrogen-bond donors (Lipinski definition) is 2. The van der Waals surface area contributed by atoms with Gasteiger partial charge in [0.1, 0.15) is 10.6 Å². The SMILES string of the molecule is C[C@H](N=C1NC(=O)C(C)(c2cccc(C(N)=O)c2)S1)c1ccc(F)cc1. The van der Waals surface area contributed by atoms with Crippen LogP contribution in [0.4, 0.5) is 4.39 Å². The normalized spacial score (nSPS) is 22.3. The van der Waals surface area contributed by atoms with Crippen LogP contribution in [-0.2, 0) is 9.54 Å². The van der Waals surface area contributed by atoms with Crippen molar-refractivity contribution in [1.29, 1.82) is 0 Å². The lowest BCUT2D eigenvalue weighted by molar-refractivity contribution is -0.121. The maximum atomic E-state index is 13.1. The number of halogens is 1. The highest BCUT2D eigenvalue weighted by Gasteiger charge is 2.44. The number of carbonyl (C=O) groups excluding carboxylic acids is 2. The molecule has 1 heterocycles. The van der Waals surface area contributed by atoms with Gasteiger partial charge in [-0.15, -0.1) is 0 Å². The summed E-state index contributed by atoms with van der Waals surface area (Å²) in [5.74, 6) is -1.06. The van der Waals surface area contributed by atoms with Crippen LogP contribution in [0.2, 0.25) is 0 Å². The second-order valence-electron chi connectivity index (χ2n) is 6.20. The molecule has 1 aliphatic heterocycles. The van der Waals surface area contributed by atoms with E-state index in [2.05, 4.69) is 10.3 Å². The van der Waals surface area contributed by atoms with Gasteiger partial charge in [0.2, 0.25) is 11.8 Å². The molecule has 2 atom stereocenters. The maximum absolute atomic E-state index is 13.1. The largest absolute Gasteiger partial charge is 0.366 e. The van der Waals surface area contributed by atoms with Crippen LogP contribution in [0, 0.1) is 5.82 Å². The number of primary amides is 1. The van der Waals surface area contributed by atoms with Gasteiger partial charge in [-0.3, -0.25) is 14.6 Å². The second-order valence-corrected chi connectivity index (χ2v) is 7.60. The van der Waals surface area contributed by atoms with E-state index < -0.39 is 10.7 Å². The smallest absolute Gasteiger partial charge is 0.248 e. The number of thioether (sulfide) groups is 1. The Balaban J connectivity index is 1.86. The summed E-state index contributed by atoms with van der Waals surface area (Å²) in [6.45, 7) is 3.65. The van der Waals surface area contributed by atoms with E-state index in [9.17, 15) is 14.0 Å². The van der Waals surface area contributed by atoms with Crippen LogP contribution in [0.1, 0.15) is 41.4 Å². The summed E-state index contributed by atoms with van der Waals surface area (Å²) in [5, 5.41) is 3.27. The lowest BCUT2D eigenvalue weighted by atomic mass is 9.97. The topological polar surface area (TPSA) is 84.6 Å². The molecule has 3 rings (SSSR count). The van der Waals surface area contributed by atoms with Crippen LogP contribution in [0.15, 0.2) is 53.5 Å². The fraction of sp³-hybridized carbons (Fsp3) is 0.211. The first-order chi connectivity index (χ1) is 12.3. The van der Waals surface area contributed by atoms with Crippen LogP contribution in [0.25, 0.3) is 0 Å². The predicted octanol–water partition coefficient (Wildman–Crippen LogP) is 3.12. The molecule has 2 aromatic carbocycles. The third kappa shape index (κ3) is 3.48. The molecule has 0 bridgehead atoms. The lowest BCUT2D eigenvalue weighted by Crippen LogP contribution is -2.32. The van der Waals surface area contributed by atoms with E-state index in [1.54, 1.807) is 43.3 Å². The Bertz CT molecular complexity index is 898. The molecule has 0 saturated carbocycles. The van der Waals surface area contributed by atoms with Crippen LogP contribution < -0.4 is 11.1 Å². The number of rotatable bonds is 4.